The molecule has 1 aliphatic rings. The van der Waals surface area contributed by atoms with Gasteiger partial charge in [0.05, 0.1) is 26.0 Å². The molecule has 1 N–H and O–H groups in total. The predicted molar refractivity (Wildman–Crippen MR) is 92.1 cm³/mol. The monoisotopic (exact) mass is 344 g/mol. The van der Waals surface area contributed by atoms with Gasteiger partial charge in [0.25, 0.3) is 0 Å². The molecule has 1 saturated heterocycles. The highest BCUT2D eigenvalue weighted by Gasteiger charge is 2.38. The first-order chi connectivity index (χ1) is 12.1. The third-order valence-electron chi connectivity index (χ3n) is 4.61. The lowest BCUT2D eigenvalue weighted by molar-refractivity contribution is -0.158. The molecule has 0 radical (unpaired) electrons. The van der Waals surface area contributed by atoms with Crippen LogP contribution in [0.25, 0.3) is 0 Å². The van der Waals surface area contributed by atoms with Crippen molar-refractivity contribution in [3.05, 3.63) is 53.4 Å². The average Bonchev–Trinajstić information content (AvgIpc) is 3.15. The number of hydrogen-bond acceptors (Lipinski definition) is 5. The third kappa shape index (κ3) is 4.46. The van der Waals surface area contributed by atoms with Crippen LogP contribution >= 0.6 is 0 Å². The van der Waals surface area contributed by atoms with Crippen LogP contribution in [0.1, 0.15) is 23.3 Å². The Kier molecular flexibility index (Phi) is 5.50. The molecule has 2 heterocycles. The summed E-state index contributed by atoms with van der Waals surface area (Å²) in [5.41, 5.74) is 1.54. The Morgan fingerprint density at radius 1 is 1.32 bits per heavy atom. The van der Waals surface area contributed by atoms with E-state index in [2.05, 4.69) is 5.16 Å². The van der Waals surface area contributed by atoms with Gasteiger partial charge in [-0.1, -0.05) is 35.0 Å². The fourth-order valence-electron chi connectivity index (χ4n) is 3.15. The second kappa shape index (κ2) is 7.80. The number of rotatable bonds is 6. The first-order valence-electron chi connectivity index (χ1n) is 8.58. The fraction of sp³-hybridized carbons (Fsp3) is 0.474. The number of aliphatic hydroxyl groups is 1. The van der Waals surface area contributed by atoms with Crippen molar-refractivity contribution in [2.45, 2.75) is 31.8 Å². The summed E-state index contributed by atoms with van der Waals surface area (Å²) >= 11 is 0. The van der Waals surface area contributed by atoms with Crippen molar-refractivity contribution in [1.29, 1.82) is 0 Å². The molecule has 3 rings (SSSR count). The van der Waals surface area contributed by atoms with Crippen LogP contribution in [0.2, 0.25) is 0 Å². The Hall–Kier alpha value is -2.18. The number of carbonyl (C=O) groups is 1. The molecule has 1 aliphatic heterocycles. The van der Waals surface area contributed by atoms with Crippen molar-refractivity contribution in [2.24, 2.45) is 0 Å². The van der Waals surface area contributed by atoms with Crippen molar-refractivity contribution < 1.29 is 19.2 Å². The number of morpholine rings is 1. The maximum Gasteiger partial charge on any atom is 0.223 e. The number of benzene rings is 1. The molecule has 2 aromatic rings. The molecule has 0 saturated carbocycles. The molecule has 1 amide bonds. The maximum atomic E-state index is 12.5. The lowest BCUT2D eigenvalue weighted by atomic mass is 9.92. The number of aliphatic hydroxyl groups excluding tert-OH is 1. The quantitative estimate of drug-likeness (QED) is 0.864. The van der Waals surface area contributed by atoms with Crippen LogP contribution in [0.5, 0.6) is 0 Å². The van der Waals surface area contributed by atoms with E-state index in [0.717, 1.165) is 5.56 Å². The number of amides is 1. The van der Waals surface area contributed by atoms with Gasteiger partial charge in [0, 0.05) is 31.9 Å². The number of nitrogens with zero attached hydrogens (tertiary/aromatic N) is 2. The van der Waals surface area contributed by atoms with Gasteiger partial charge in [-0.15, -0.1) is 0 Å². The van der Waals surface area contributed by atoms with E-state index < -0.39 is 5.60 Å². The molecule has 1 fully saturated rings. The Labute approximate surface area is 147 Å². The van der Waals surface area contributed by atoms with Crippen LogP contribution in [0.15, 0.2) is 41.1 Å². The summed E-state index contributed by atoms with van der Waals surface area (Å²) in [7, 11) is 0. The first-order valence-corrected chi connectivity index (χ1v) is 8.58. The summed E-state index contributed by atoms with van der Waals surface area (Å²) in [6, 6.07) is 9.94. The Morgan fingerprint density at radius 3 is 2.80 bits per heavy atom. The van der Waals surface area contributed by atoms with Gasteiger partial charge in [-0.3, -0.25) is 4.79 Å². The smallest absolute Gasteiger partial charge is 0.223 e. The van der Waals surface area contributed by atoms with Gasteiger partial charge < -0.3 is 19.3 Å². The summed E-state index contributed by atoms with van der Waals surface area (Å²) in [5, 5.41) is 13.6. The normalized spacial score (nSPS) is 20.6. The van der Waals surface area contributed by atoms with Crippen LogP contribution < -0.4 is 0 Å². The zero-order valence-corrected chi connectivity index (χ0v) is 14.5. The zero-order chi connectivity index (χ0) is 17.7. The highest BCUT2D eigenvalue weighted by Crippen LogP contribution is 2.24. The Morgan fingerprint density at radius 2 is 2.12 bits per heavy atom. The molecule has 1 aromatic heterocycles. The van der Waals surface area contributed by atoms with Gasteiger partial charge >= 0.3 is 0 Å². The molecule has 1 aromatic carbocycles. The van der Waals surface area contributed by atoms with Crippen molar-refractivity contribution in [3.8, 4) is 0 Å². The number of ether oxygens (including phenoxy) is 1. The van der Waals surface area contributed by atoms with Crippen LogP contribution in [0.4, 0.5) is 0 Å². The maximum absolute atomic E-state index is 12.5. The first kappa shape index (κ1) is 17.6. The van der Waals surface area contributed by atoms with Gasteiger partial charge in [-0.2, -0.15) is 0 Å². The standard InChI is InChI=1S/C19H24N2O4/c1-15-2-4-16(5-3-15)12-19(14-22)13-21(10-11-24-19)18(23)7-6-17-8-9-20-25-17/h2-5,8-9,22H,6-7,10-14H2,1H3/t19-/m0/s1. The largest absolute Gasteiger partial charge is 0.393 e. The van der Waals surface area contributed by atoms with E-state index in [1.165, 1.54) is 5.56 Å². The summed E-state index contributed by atoms with van der Waals surface area (Å²) in [6.07, 6.45) is 3.05. The molecule has 1 atom stereocenters. The van der Waals surface area contributed by atoms with E-state index in [-0.39, 0.29) is 12.5 Å². The minimum absolute atomic E-state index is 0.0430. The van der Waals surface area contributed by atoms with E-state index in [9.17, 15) is 9.90 Å². The number of hydrogen-bond donors (Lipinski definition) is 1. The van der Waals surface area contributed by atoms with Gasteiger partial charge in [0.1, 0.15) is 11.4 Å². The second-order valence-corrected chi connectivity index (χ2v) is 6.65. The third-order valence-corrected chi connectivity index (χ3v) is 4.61. The van der Waals surface area contributed by atoms with Crippen molar-refractivity contribution in [2.75, 3.05) is 26.3 Å². The average molecular weight is 344 g/mol. The summed E-state index contributed by atoms with van der Waals surface area (Å²) in [4.78, 5) is 14.3. The molecule has 0 aliphatic carbocycles. The van der Waals surface area contributed by atoms with Crippen LogP contribution in [-0.4, -0.2) is 53.0 Å². The topological polar surface area (TPSA) is 75.8 Å². The van der Waals surface area contributed by atoms with Crippen LogP contribution in [-0.2, 0) is 22.4 Å². The van der Waals surface area contributed by atoms with Crippen LogP contribution in [0, 0.1) is 6.92 Å². The molecule has 0 spiro atoms. The van der Waals surface area contributed by atoms with E-state index in [0.29, 0.717) is 44.7 Å². The predicted octanol–water partition coefficient (Wildman–Crippen LogP) is 1.75. The number of aromatic nitrogens is 1. The second-order valence-electron chi connectivity index (χ2n) is 6.65. The highest BCUT2D eigenvalue weighted by atomic mass is 16.5. The van der Waals surface area contributed by atoms with Gasteiger partial charge in [-0.25, -0.2) is 0 Å². The van der Waals surface area contributed by atoms with Gasteiger partial charge in [-0.05, 0) is 12.5 Å². The van der Waals surface area contributed by atoms with Crippen molar-refractivity contribution in [3.63, 3.8) is 0 Å². The van der Waals surface area contributed by atoms with E-state index in [4.69, 9.17) is 9.26 Å². The summed E-state index contributed by atoms with van der Waals surface area (Å²) < 4.78 is 10.9. The van der Waals surface area contributed by atoms with E-state index in [1.807, 2.05) is 31.2 Å². The zero-order valence-electron chi connectivity index (χ0n) is 14.5. The molecular weight excluding hydrogens is 320 g/mol. The number of aryl methyl sites for hydroxylation is 2. The molecule has 134 valence electrons. The molecule has 6 nitrogen and oxygen atoms in total. The van der Waals surface area contributed by atoms with Crippen LogP contribution in [0.3, 0.4) is 0 Å². The van der Waals surface area contributed by atoms with E-state index >= 15 is 0 Å². The molecule has 25 heavy (non-hydrogen) atoms. The highest BCUT2D eigenvalue weighted by molar-refractivity contribution is 5.76. The summed E-state index contributed by atoms with van der Waals surface area (Å²) in [5.74, 6) is 0.746. The lowest BCUT2D eigenvalue weighted by Gasteiger charge is -2.42. The molecule has 0 unspecified atom stereocenters. The number of carbonyl (C=O) groups excluding carboxylic acids is 1. The lowest BCUT2D eigenvalue weighted by Crippen LogP contribution is -2.56. The van der Waals surface area contributed by atoms with Crippen molar-refractivity contribution >= 4 is 5.91 Å². The molecular formula is C19H24N2O4. The molecule has 6 heteroatoms. The Balaban J connectivity index is 1.62. The fourth-order valence-corrected chi connectivity index (χ4v) is 3.15. The minimum atomic E-state index is -0.741. The van der Waals surface area contributed by atoms with E-state index in [1.54, 1.807) is 17.2 Å². The van der Waals surface area contributed by atoms with Gasteiger partial charge in [0.15, 0.2) is 0 Å². The Bertz CT molecular complexity index is 684. The summed E-state index contributed by atoms with van der Waals surface area (Å²) in [6.45, 7) is 3.29. The van der Waals surface area contributed by atoms with Crippen molar-refractivity contribution in [1.82, 2.24) is 10.1 Å². The molecule has 0 bridgehead atoms. The SMILES string of the molecule is Cc1ccc(C[C@@]2(CO)CN(C(=O)CCc3ccno3)CCO2)cc1. The minimum Gasteiger partial charge on any atom is -0.393 e. The van der Waals surface area contributed by atoms with Gasteiger partial charge in [0.2, 0.25) is 5.91 Å².